The molecule has 0 aliphatic carbocycles. The molecule has 0 saturated heterocycles. The quantitative estimate of drug-likeness (QED) is 0.330. The number of ketones is 1. The Balaban J connectivity index is 5.07. The highest BCUT2D eigenvalue weighted by molar-refractivity contribution is 6.12. The second-order valence-electron chi connectivity index (χ2n) is 3.34. The van der Waals surface area contributed by atoms with Crippen molar-refractivity contribution in [3.63, 3.8) is 0 Å². The van der Waals surface area contributed by atoms with E-state index in [9.17, 15) is 9.90 Å². The van der Waals surface area contributed by atoms with Gasteiger partial charge in [0.15, 0.2) is 5.78 Å². The first-order valence-corrected chi connectivity index (χ1v) is 5.49. The van der Waals surface area contributed by atoms with Gasteiger partial charge < -0.3 is 5.11 Å². The zero-order chi connectivity index (χ0) is 13.3. The molecule has 92 valence electrons. The number of allylic oxidation sites excluding steroid dienone is 6. The summed E-state index contributed by atoms with van der Waals surface area (Å²) in [6.45, 7) is 8.59. The van der Waals surface area contributed by atoms with Gasteiger partial charge in [0.05, 0.1) is 11.3 Å². The maximum atomic E-state index is 11.3. The van der Waals surface area contributed by atoms with Gasteiger partial charge in [-0.05, 0) is 19.9 Å². The lowest BCUT2D eigenvalue weighted by molar-refractivity contribution is -0.113. The van der Waals surface area contributed by atoms with Crippen molar-refractivity contribution in [2.45, 2.75) is 27.2 Å². The molecular weight excluding hydrogens is 214 g/mol. The first-order valence-electron chi connectivity index (χ1n) is 5.49. The fourth-order valence-electron chi connectivity index (χ4n) is 1.08. The number of aliphatic hydroxyl groups is 1. The summed E-state index contributed by atoms with van der Waals surface area (Å²) < 4.78 is 0. The normalized spacial score (nSPS) is 14.2. The van der Waals surface area contributed by atoms with Crippen molar-refractivity contribution in [2.24, 2.45) is 4.99 Å². The summed E-state index contributed by atoms with van der Waals surface area (Å²) in [5.41, 5.74) is 0.950. The minimum absolute atomic E-state index is 0.0596. The van der Waals surface area contributed by atoms with Crippen LogP contribution in [-0.2, 0) is 4.79 Å². The number of Topliss-reactive ketones (excluding diaryl/α,β-unsaturated/α-hetero) is 1. The third-order valence-corrected chi connectivity index (χ3v) is 2.07. The van der Waals surface area contributed by atoms with Gasteiger partial charge in [-0.2, -0.15) is 0 Å². The zero-order valence-corrected chi connectivity index (χ0v) is 10.6. The van der Waals surface area contributed by atoms with Crippen LogP contribution in [-0.4, -0.2) is 17.1 Å². The maximum Gasteiger partial charge on any atom is 0.164 e. The summed E-state index contributed by atoms with van der Waals surface area (Å²) in [7, 11) is 0. The maximum absolute atomic E-state index is 11.3. The van der Waals surface area contributed by atoms with E-state index in [1.165, 1.54) is 13.1 Å². The van der Waals surface area contributed by atoms with Gasteiger partial charge in [-0.25, -0.2) is 0 Å². The van der Waals surface area contributed by atoms with E-state index < -0.39 is 0 Å². The molecule has 0 aromatic rings. The second kappa shape index (κ2) is 8.28. The van der Waals surface area contributed by atoms with Crippen LogP contribution in [0.2, 0.25) is 0 Å². The molecule has 0 aromatic carbocycles. The molecule has 0 radical (unpaired) electrons. The number of rotatable bonds is 6. The van der Waals surface area contributed by atoms with Crippen molar-refractivity contribution < 1.29 is 9.90 Å². The van der Waals surface area contributed by atoms with Gasteiger partial charge in [-0.1, -0.05) is 31.7 Å². The fraction of sp³-hybridized carbons (Fsp3) is 0.286. The number of hydrogen-bond donors (Lipinski definition) is 1. The smallest absolute Gasteiger partial charge is 0.164 e. The highest BCUT2D eigenvalue weighted by Gasteiger charge is 2.06. The van der Waals surface area contributed by atoms with Crippen LogP contribution in [0.25, 0.3) is 0 Å². The summed E-state index contributed by atoms with van der Waals surface area (Å²) in [5, 5.41) is 9.56. The predicted molar refractivity (Wildman–Crippen MR) is 72.2 cm³/mol. The van der Waals surface area contributed by atoms with Gasteiger partial charge in [0.25, 0.3) is 0 Å². The molecule has 0 unspecified atom stereocenters. The molecule has 0 atom stereocenters. The molecule has 0 aliphatic rings. The molecule has 17 heavy (non-hydrogen) atoms. The first-order chi connectivity index (χ1) is 8.06. The van der Waals surface area contributed by atoms with Crippen LogP contribution in [0.3, 0.4) is 0 Å². The van der Waals surface area contributed by atoms with Gasteiger partial charge in [0.1, 0.15) is 5.76 Å². The van der Waals surface area contributed by atoms with E-state index in [4.69, 9.17) is 0 Å². The topological polar surface area (TPSA) is 49.7 Å². The lowest BCUT2D eigenvalue weighted by atomic mass is 10.1. The first kappa shape index (κ1) is 15.1. The molecule has 0 amide bonds. The number of nitrogens with zero attached hydrogens (tertiary/aromatic N) is 1. The van der Waals surface area contributed by atoms with Crippen molar-refractivity contribution in [3.8, 4) is 0 Å². The van der Waals surface area contributed by atoms with Crippen LogP contribution in [0, 0.1) is 0 Å². The van der Waals surface area contributed by atoms with Gasteiger partial charge in [0.2, 0.25) is 0 Å². The van der Waals surface area contributed by atoms with Crippen LogP contribution in [0.15, 0.2) is 52.9 Å². The van der Waals surface area contributed by atoms with Crippen molar-refractivity contribution >= 4 is 12.0 Å². The highest BCUT2D eigenvalue weighted by atomic mass is 16.3. The molecule has 0 saturated carbocycles. The Bertz CT molecular complexity index is 398. The fourth-order valence-corrected chi connectivity index (χ4v) is 1.08. The Morgan fingerprint density at radius 1 is 1.47 bits per heavy atom. The van der Waals surface area contributed by atoms with E-state index >= 15 is 0 Å². The van der Waals surface area contributed by atoms with Gasteiger partial charge >= 0.3 is 0 Å². The van der Waals surface area contributed by atoms with Crippen molar-refractivity contribution in [1.82, 2.24) is 0 Å². The number of aliphatic hydroxyl groups excluding tert-OH is 1. The lowest BCUT2D eigenvalue weighted by Crippen LogP contribution is -2.02. The van der Waals surface area contributed by atoms with Crippen LogP contribution >= 0.6 is 0 Å². The zero-order valence-electron chi connectivity index (χ0n) is 10.6. The van der Waals surface area contributed by atoms with Crippen molar-refractivity contribution in [3.05, 3.63) is 47.9 Å². The highest BCUT2D eigenvalue weighted by Crippen LogP contribution is 2.07. The summed E-state index contributed by atoms with van der Waals surface area (Å²) in [6.07, 6.45) is 8.77. The minimum atomic E-state index is -0.198. The Hall–Kier alpha value is -1.90. The third-order valence-electron chi connectivity index (χ3n) is 2.07. The van der Waals surface area contributed by atoms with Crippen LogP contribution < -0.4 is 0 Å². The molecule has 0 heterocycles. The van der Waals surface area contributed by atoms with Crippen molar-refractivity contribution in [1.29, 1.82) is 0 Å². The van der Waals surface area contributed by atoms with E-state index in [1.807, 2.05) is 6.92 Å². The largest absolute Gasteiger partial charge is 0.512 e. The van der Waals surface area contributed by atoms with Gasteiger partial charge in [0, 0.05) is 12.6 Å². The van der Waals surface area contributed by atoms with E-state index in [2.05, 4.69) is 11.6 Å². The van der Waals surface area contributed by atoms with Crippen molar-refractivity contribution in [2.75, 3.05) is 0 Å². The number of aliphatic imine (C=N–C) groups is 1. The van der Waals surface area contributed by atoms with Crippen LogP contribution in [0.4, 0.5) is 0 Å². The summed E-state index contributed by atoms with van der Waals surface area (Å²) in [6, 6.07) is 0. The molecule has 3 heteroatoms. The summed E-state index contributed by atoms with van der Waals surface area (Å²) in [5.74, 6) is -0.138. The van der Waals surface area contributed by atoms with E-state index in [0.29, 0.717) is 12.1 Å². The molecule has 0 aliphatic heterocycles. The Morgan fingerprint density at radius 3 is 2.53 bits per heavy atom. The van der Waals surface area contributed by atoms with E-state index in [-0.39, 0.29) is 17.1 Å². The van der Waals surface area contributed by atoms with Crippen LogP contribution in [0.5, 0.6) is 0 Å². The van der Waals surface area contributed by atoms with Gasteiger partial charge in [-0.15, -0.1) is 0 Å². The predicted octanol–water partition coefficient (Wildman–Crippen LogP) is 3.51. The molecule has 0 fully saturated rings. The minimum Gasteiger partial charge on any atom is -0.512 e. The molecule has 3 nitrogen and oxygen atoms in total. The molecule has 0 aromatic heterocycles. The lowest BCUT2D eigenvalue weighted by Gasteiger charge is -2.00. The van der Waals surface area contributed by atoms with Crippen LogP contribution in [0.1, 0.15) is 27.2 Å². The second-order valence-corrected chi connectivity index (χ2v) is 3.34. The summed E-state index contributed by atoms with van der Waals surface area (Å²) >= 11 is 0. The molecule has 0 spiro atoms. The summed E-state index contributed by atoms with van der Waals surface area (Å²) in [4.78, 5) is 15.4. The average molecular weight is 233 g/mol. The molecular formula is C14H19NO2. The third kappa shape index (κ3) is 5.66. The van der Waals surface area contributed by atoms with Gasteiger partial charge in [-0.3, -0.25) is 9.79 Å². The average Bonchev–Trinajstić information content (AvgIpc) is 2.32. The Morgan fingerprint density at radius 2 is 2.12 bits per heavy atom. The Labute approximate surface area is 103 Å². The SMILES string of the molecule is C=C/C=C\C(=C/C)N=CC(C(C)=O)=C(O)CC. The number of carbonyl (C=O) groups excluding carboxylic acids is 1. The standard InChI is InChI=1S/C14H19NO2/c1-5-8-9-12(6-2)15-10-13(11(4)16)14(17)7-3/h5-6,8-10,17H,1,7H2,2-4H3/b9-8-,12-6+,14-13?,15-10?. The molecule has 0 rings (SSSR count). The number of hydrogen-bond acceptors (Lipinski definition) is 3. The monoisotopic (exact) mass is 233 g/mol. The van der Waals surface area contributed by atoms with E-state index in [1.54, 1.807) is 31.2 Å². The number of carbonyl (C=O) groups is 1. The molecule has 1 N–H and O–H groups in total. The van der Waals surface area contributed by atoms with E-state index in [0.717, 1.165) is 0 Å². The molecule has 0 bridgehead atoms. The Kier molecular flexibility index (Phi) is 7.35.